The minimum absolute atomic E-state index is 0.606. The Morgan fingerprint density at radius 2 is 1.54 bits per heavy atom. The molecule has 0 aliphatic rings. The van der Waals surface area contributed by atoms with Gasteiger partial charge in [0.15, 0.2) is 0 Å². The van der Waals surface area contributed by atoms with Crippen molar-refractivity contribution in [3.8, 4) is 17.3 Å². The van der Waals surface area contributed by atoms with Gasteiger partial charge in [-0.25, -0.2) is 0 Å². The van der Waals surface area contributed by atoms with Gasteiger partial charge in [-0.3, -0.25) is 5.10 Å². The fourth-order valence-corrected chi connectivity index (χ4v) is 3.97. The first-order valence-electron chi connectivity index (χ1n) is 8.27. The van der Waals surface area contributed by atoms with Gasteiger partial charge in [-0.05, 0) is 63.3 Å². The van der Waals surface area contributed by atoms with Crippen LogP contribution in [0, 0.1) is 11.3 Å². The highest BCUT2D eigenvalue weighted by molar-refractivity contribution is 7.80. The second-order valence-corrected chi connectivity index (χ2v) is 6.82. The maximum Gasteiger partial charge on any atom is 0.101 e. The van der Waals surface area contributed by atoms with Gasteiger partial charge in [0.05, 0.1) is 11.3 Å². The molecule has 1 aromatic heterocycles. The highest BCUT2D eigenvalue weighted by Gasteiger charge is 2.16. The van der Waals surface area contributed by atoms with Gasteiger partial charge >= 0.3 is 0 Å². The third-order valence-electron chi connectivity index (χ3n) is 4.81. The molecule has 122 valence electrons. The van der Waals surface area contributed by atoms with E-state index in [1.165, 1.54) is 10.8 Å². The third kappa shape index (κ3) is 2.18. The van der Waals surface area contributed by atoms with Crippen molar-refractivity contribution < 1.29 is 0 Å². The molecule has 0 amide bonds. The summed E-state index contributed by atoms with van der Waals surface area (Å²) in [4.78, 5) is 0.751. The van der Waals surface area contributed by atoms with Crippen LogP contribution in [0.15, 0.2) is 71.8 Å². The van der Waals surface area contributed by atoms with Crippen molar-refractivity contribution in [3.05, 3.63) is 72.4 Å². The standard InChI is InChI=1S/C22H13N3S/c23-12-19-18-10-16-8-14-4-2-1-3-13(14)7-15(16)9-17(18)11-21(26)22(19)20-5-6-24-25-20/h1-11,26H,(H,24,25). The Morgan fingerprint density at radius 1 is 0.846 bits per heavy atom. The molecule has 5 rings (SSSR count). The molecule has 5 aromatic rings. The van der Waals surface area contributed by atoms with Crippen molar-refractivity contribution in [2.75, 3.05) is 0 Å². The summed E-state index contributed by atoms with van der Waals surface area (Å²) in [6, 6.07) is 23.1. The number of aromatic amines is 1. The lowest BCUT2D eigenvalue weighted by molar-refractivity contribution is 1.09. The number of nitrogens with one attached hydrogen (secondary N) is 1. The predicted octanol–water partition coefficient (Wildman–Crippen LogP) is 5.70. The van der Waals surface area contributed by atoms with E-state index in [0.29, 0.717) is 5.56 Å². The molecular weight excluding hydrogens is 338 g/mol. The molecule has 0 atom stereocenters. The number of hydrogen-bond acceptors (Lipinski definition) is 3. The van der Waals surface area contributed by atoms with Crippen molar-refractivity contribution in [2.24, 2.45) is 0 Å². The first-order chi connectivity index (χ1) is 12.7. The van der Waals surface area contributed by atoms with Gasteiger partial charge in [0.2, 0.25) is 0 Å². The summed E-state index contributed by atoms with van der Waals surface area (Å²) >= 11 is 4.63. The van der Waals surface area contributed by atoms with E-state index in [9.17, 15) is 5.26 Å². The Hall–Kier alpha value is -3.29. The number of benzene rings is 4. The van der Waals surface area contributed by atoms with Gasteiger partial charge in [0.1, 0.15) is 6.07 Å². The fourth-order valence-electron chi connectivity index (χ4n) is 3.60. The molecule has 0 bridgehead atoms. The zero-order valence-corrected chi connectivity index (χ0v) is 14.6. The lowest BCUT2D eigenvalue weighted by Gasteiger charge is -2.11. The highest BCUT2D eigenvalue weighted by Crippen LogP contribution is 2.37. The molecule has 1 N–H and O–H groups in total. The molecule has 0 saturated carbocycles. The predicted molar refractivity (Wildman–Crippen MR) is 109 cm³/mol. The number of nitriles is 1. The number of aromatic nitrogens is 2. The normalized spacial score (nSPS) is 11.2. The van der Waals surface area contributed by atoms with Crippen LogP contribution in [0.25, 0.3) is 43.6 Å². The van der Waals surface area contributed by atoms with Crippen LogP contribution in [0.5, 0.6) is 0 Å². The average Bonchev–Trinajstić information content (AvgIpc) is 3.18. The molecule has 3 nitrogen and oxygen atoms in total. The Morgan fingerprint density at radius 3 is 2.19 bits per heavy atom. The number of fused-ring (bicyclic) bond motifs is 3. The molecule has 1 heterocycles. The maximum absolute atomic E-state index is 9.86. The monoisotopic (exact) mass is 351 g/mol. The van der Waals surface area contributed by atoms with Gasteiger partial charge in [-0.1, -0.05) is 24.3 Å². The molecule has 0 aliphatic carbocycles. The van der Waals surface area contributed by atoms with Crippen molar-refractivity contribution in [1.29, 1.82) is 5.26 Å². The number of rotatable bonds is 1. The number of thiol groups is 1. The van der Waals surface area contributed by atoms with E-state index in [1.54, 1.807) is 6.20 Å². The zero-order chi connectivity index (χ0) is 17.7. The molecule has 0 fully saturated rings. The van der Waals surface area contributed by atoms with Crippen molar-refractivity contribution in [2.45, 2.75) is 4.90 Å². The highest BCUT2D eigenvalue weighted by atomic mass is 32.1. The summed E-state index contributed by atoms with van der Waals surface area (Å²) in [6.45, 7) is 0. The largest absolute Gasteiger partial charge is 0.285 e. The number of H-pyrrole nitrogens is 1. The van der Waals surface area contributed by atoms with E-state index in [4.69, 9.17) is 0 Å². The SMILES string of the molecule is N#Cc1c(-c2cc[nH]n2)c(S)cc2cc3cc4ccccc4cc3cc12. The molecule has 26 heavy (non-hydrogen) atoms. The lowest BCUT2D eigenvalue weighted by atomic mass is 9.94. The number of nitrogens with zero attached hydrogens (tertiary/aromatic N) is 2. The van der Waals surface area contributed by atoms with Crippen LogP contribution in [-0.2, 0) is 0 Å². The van der Waals surface area contributed by atoms with Gasteiger partial charge in [-0.15, -0.1) is 12.6 Å². The van der Waals surface area contributed by atoms with Crippen LogP contribution in [0.2, 0.25) is 0 Å². The van der Waals surface area contributed by atoms with Crippen molar-refractivity contribution >= 4 is 44.9 Å². The third-order valence-corrected chi connectivity index (χ3v) is 5.16. The zero-order valence-electron chi connectivity index (χ0n) is 13.7. The molecule has 4 aromatic carbocycles. The van der Waals surface area contributed by atoms with Crippen LogP contribution in [-0.4, -0.2) is 10.2 Å². The first kappa shape index (κ1) is 15.0. The maximum atomic E-state index is 9.86. The summed E-state index contributed by atoms with van der Waals surface area (Å²) in [5.74, 6) is 0. The van der Waals surface area contributed by atoms with E-state index >= 15 is 0 Å². The van der Waals surface area contributed by atoms with E-state index in [2.05, 4.69) is 65.3 Å². The van der Waals surface area contributed by atoms with Gasteiger partial charge < -0.3 is 0 Å². The summed E-state index contributed by atoms with van der Waals surface area (Å²) in [7, 11) is 0. The molecular formula is C22H13N3S. The number of hydrogen-bond donors (Lipinski definition) is 2. The molecule has 0 unspecified atom stereocenters. The van der Waals surface area contributed by atoms with E-state index in [-0.39, 0.29) is 0 Å². The van der Waals surface area contributed by atoms with Crippen LogP contribution < -0.4 is 0 Å². The summed E-state index contributed by atoms with van der Waals surface area (Å²) < 4.78 is 0. The second kappa shape index (κ2) is 5.62. The quantitative estimate of drug-likeness (QED) is 0.301. The molecule has 0 spiro atoms. The Bertz CT molecular complexity index is 1350. The summed E-state index contributed by atoms with van der Waals surface area (Å²) in [5, 5.41) is 23.5. The smallest absolute Gasteiger partial charge is 0.101 e. The molecule has 0 saturated heterocycles. The minimum Gasteiger partial charge on any atom is -0.285 e. The van der Waals surface area contributed by atoms with Gasteiger partial charge in [0, 0.05) is 22.0 Å². The second-order valence-electron chi connectivity index (χ2n) is 6.34. The topological polar surface area (TPSA) is 52.5 Å². The first-order valence-corrected chi connectivity index (χ1v) is 8.72. The Kier molecular flexibility index (Phi) is 3.24. The average molecular weight is 351 g/mol. The Labute approximate surface area is 155 Å². The van der Waals surface area contributed by atoms with E-state index < -0.39 is 0 Å². The minimum atomic E-state index is 0.606. The molecule has 0 radical (unpaired) electrons. The molecule has 4 heteroatoms. The van der Waals surface area contributed by atoms with E-state index in [1.807, 2.05) is 24.3 Å². The summed E-state index contributed by atoms with van der Waals surface area (Å²) in [6.07, 6.45) is 1.75. The van der Waals surface area contributed by atoms with Crippen LogP contribution >= 0.6 is 12.6 Å². The van der Waals surface area contributed by atoms with Crippen LogP contribution in [0.3, 0.4) is 0 Å². The fraction of sp³-hybridized carbons (Fsp3) is 0. The van der Waals surface area contributed by atoms with Crippen LogP contribution in [0.1, 0.15) is 5.56 Å². The molecule has 0 aliphatic heterocycles. The Balaban J connectivity index is 1.91. The van der Waals surface area contributed by atoms with Gasteiger partial charge in [0.25, 0.3) is 0 Å². The van der Waals surface area contributed by atoms with Gasteiger partial charge in [-0.2, -0.15) is 10.4 Å². The van der Waals surface area contributed by atoms with Crippen molar-refractivity contribution in [3.63, 3.8) is 0 Å². The van der Waals surface area contributed by atoms with Crippen molar-refractivity contribution in [1.82, 2.24) is 10.2 Å². The lowest BCUT2D eigenvalue weighted by Crippen LogP contribution is -1.91. The summed E-state index contributed by atoms with van der Waals surface area (Å²) in [5.41, 5.74) is 2.10. The van der Waals surface area contributed by atoms with E-state index in [0.717, 1.165) is 37.7 Å². The van der Waals surface area contributed by atoms with Crippen LogP contribution in [0.4, 0.5) is 0 Å².